The fourth-order valence-corrected chi connectivity index (χ4v) is 3.63. The van der Waals surface area contributed by atoms with E-state index in [1.54, 1.807) is 24.3 Å². The van der Waals surface area contributed by atoms with Crippen molar-refractivity contribution in [2.45, 2.75) is 63.1 Å². The minimum atomic E-state index is -0.701. The lowest BCUT2D eigenvalue weighted by atomic mass is 10.1. The van der Waals surface area contributed by atoms with Crippen LogP contribution in [0.1, 0.15) is 44.9 Å². The molecule has 2 aliphatic rings. The largest absolute Gasteiger partial charge is 0.416 e. The summed E-state index contributed by atoms with van der Waals surface area (Å²) in [4.78, 5) is 26.4. The van der Waals surface area contributed by atoms with Gasteiger partial charge in [-0.2, -0.15) is 0 Å². The summed E-state index contributed by atoms with van der Waals surface area (Å²) in [6, 6.07) is 8.25. The molecule has 1 aliphatic carbocycles. The van der Waals surface area contributed by atoms with Crippen LogP contribution in [0.2, 0.25) is 0 Å². The predicted octanol–water partition coefficient (Wildman–Crippen LogP) is 2.46. The summed E-state index contributed by atoms with van der Waals surface area (Å²) in [6.07, 6.45) is 5.59. The highest BCUT2D eigenvalue weighted by atomic mass is 16.6. The number of nitrogens with one attached hydrogen (secondary N) is 1. The van der Waals surface area contributed by atoms with Crippen molar-refractivity contribution >= 4 is 12.0 Å². The van der Waals surface area contributed by atoms with Crippen molar-refractivity contribution in [3.63, 3.8) is 0 Å². The quantitative estimate of drug-likeness (QED) is 0.824. The van der Waals surface area contributed by atoms with E-state index in [1.807, 2.05) is 6.07 Å². The van der Waals surface area contributed by atoms with E-state index in [4.69, 9.17) is 4.74 Å². The molecule has 0 radical (unpaired) electrons. The molecule has 1 aromatic carbocycles. The van der Waals surface area contributed by atoms with E-state index in [0.717, 1.165) is 25.7 Å². The Morgan fingerprint density at radius 3 is 2.44 bits per heavy atom. The van der Waals surface area contributed by atoms with Crippen molar-refractivity contribution in [3.05, 3.63) is 30.3 Å². The Morgan fingerprint density at radius 1 is 1.08 bits per heavy atom. The molecule has 0 aromatic heterocycles. The Hall–Kier alpha value is -2.08. The van der Waals surface area contributed by atoms with Gasteiger partial charge >= 0.3 is 6.09 Å². The maximum atomic E-state index is 12.7. The second kappa shape index (κ2) is 8.34. The standard InChI is InChI=1S/C19H26N2O4/c22-15-12-17(18(23)20-14-8-4-1-2-5-9-14)21(13-15)19(24)25-16-10-6-3-7-11-16/h3,6-7,10-11,14-15,17,22H,1-2,4-5,8-9,12-13H2,(H,20,23). The number of hydrogen-bond acceptors (Lipinski definition) is 4. The van der Waals surface area contributed by atoms with E-state index in [2.05, 4.69) is 5.32 Å². The molecular formula is C19H26N2O4. The molecule has 2 N–H and O–H groups in total. The molecule has 1 saturated heterocycles. The molecule has 2 amide bonds. The van der Waals surface area contributed by atoms with Gasteiger partial charge in [0.05, 0.1) is 12.6 Å². The third-order valence-corrected chi connectivity index (χ3v) is 4.97. The van der Waals surface area contributed by atoms with Gasteiger partial charge in [0.25, 0.3) is 0 Å². The van der Waals surface area contributed by atoms with Gasteiger partial charge in [-0.15, -0.1) is 0 Å². The summed E-state index contributed by atoms with van der Waals surface area (Å²) in [5, 5.41) is 13.0. The molecule has 2 unspecified atom stereocenters. The normalized spacial score (nSPS) is 24.6. The van der Waals surface area contributed by atoms with Crippen LogP contribution in [0.5, 0.6) is 5.75 Å². The molecule has 1 saturated carbocycles. The number of hydrogen-bond donors (Lipinski definition) is 2. The zero-order valence-corrected chi connectivity index (χ0v) is 14.4. The summed E-state index contributed by atoms with van der Waals surface area (Å²) in [5.41, 5.74) is 0. The lowest BCUT2D eigenvalue weighted by Gasteiger charge is -2.25. The maximum Gasteiger partial charge on any atom is 0.416 e. The van der Waals surface area contributed by atoms with Crippen LogP contribution in [-0.4, -0.2) is 46.7 Å². The highest BCUT2D eigenvalue weighted by Gasteiger charge is 2.40. The van der Waals surface area contributed by atoms with Crippen LogP contribution in [0, 0.1) is 0 Å². The van der Waals surface area contributed by atoms with Crippen LogP contribution in [0.25, 0.3) is 0 Å². The number of aliphatic hydroxyl groups is 1. The number of carbonyl (C=O) groups is 2. The van der Waals surface area contributed by atoms with Crippen LogP contribution in [0.4, 0.5) is 4.79 Å². The van der Waals surface area contributed by atoms with Gasteiger partial charge in [-0.05, 0) is 25.0 Å². The monoisotopic (exact) mass is 346 g/mol. The number of β-amino-alcohol motifs (C(OH)–C–C–N with tert-alkyl or cyclic N) is 1. The molecular weight excluding hydrogens is 320 g/mol. The molecule has 3 rings (SSSR count). The SMILES string of the molecule is O=C(NC1CCCCCC1)C1CC(O)CN1C(=O)Oc1ccccc1. The van der Waals surface area contributed by atoms with Gasteiger partial charge in [0.2, 0.25) is 5.91 Å². The highest BCUT2D eigenvalue weighted by molar-refractivity contribution is 5.87. The van der Waals surface area contributed by atoms with Gasteiger partial charge in [0.1, 0.15) is 11.8 Å². The Labute approximate surface area is 148 Å². The Bertz CT molecular complexity index is 584. The Balaban J connectivity index is 1.62. The summed E-state index contributed by atoms with van der Waals surface area (Å²) in [5.74, 6) is 0.241. The molecule has 2 atom stereocenters. The molecule has 25 heavy (non-hydrogen) atoms. The number of amides is 2. The second-order valence-electron chi connectivity index (χ2n) is 6.94. The van der Waals surface area contributed by atoms with E-state index < -0.39 is 18.2 Å². The fourth-order valence-electron chi connectivity index (χ4n) is 3.63. The summed E-state index contributed by atoms with van der Waals surface area (Å²) < 4.78 is 5.33. The van der Waals surface area contributed by atoms with Crippen LogP contribution >= 0.6 is 0 Å². The Kier molecular flexibility index (Phi) is 5.91. The van der Waals surface area contributed by atoms with Crippen LogP contribution in [-0.2, 0) is 4.79 Å². The number of nitrogens with zero attached hydrogens (tertiary/aromatic N) is 1. The first-order chi connectivity index (χ1) is 12.1. The number of carbonyl (C=O) groups excluding carboxylic acids is 2. The third-order valence-electron chi connectivity index (χ3n) is 4.97. The van der Waals surface area contributed by atoms with Gasteiger partial charge in [-0.25, -0.2) is 4.79 Å². The summed E-state index contributed by atoms with van der Waals surface area (Å²) in [7, 11) is 0. The van der Waals surface area contributed by atoms with E-state index in [0.29, 0.717) is 5.75 Å². The summed E-state index contributed by atoms with van der Waals surface area (Å²) >= 11 is 0. The second-order valence-corrected chi connectivity index (χ2v) is 6.94. The van der Waals surface area contributed by atoms with E-state index in [9.17, 15) is 14.7 Å². The van der Waals surface area contributed by atoms with Crippen molar-refractivity contribution in [3.8, 4) is 5.75 Å². The molecule has 136 valence electrons. The van der Waals surface area contributed by atoms with Crippen LogP contribution < -0.4 is 10.1 Å². The molecule has 2 fully saturated rings. The first-order valence-electron chi connectivity index (χ1n) is 9.15. The van der Waals surface area contributed by atoms with Gasteiger partial charge in [-0.1, -0.05) is 43.9 Å². The smallest absolute Gasteiger partial charge is 0.410 e. The average Bonchev–Trinajstić information content (AvgIpc) is 2.82. The molecule has 6 heteroatoms. The molecule has 0 spiro atoms. The van der Waals surface area contributed by atoms with Crippen molar-refractivity contribution < 1.29 is 19.4 Å². The highest BCUT2D eigenvalue weighted by Crippen LogP contribution is 2.22. The van der Waals surface area contributed by atoms with Crippen molar-refractivity contribution in [1.29, 1.82) is 0 Å². The number of ether oxygens (including phenoxy) is 1. The topological polar surface area (TPSA) is 78.9 Å². The average molecular weight is 346 g/mol. The van der Waals surface area contributed by atoms with E-state index in [-0.39, 0.29) is 24.9 Å². The summed E-state index contributed by atoms with van der Waals surface area (Å²) in [6.45, 7) is 0.119. The number of para-hydroxylation sites is 1. The molecule has 1 heterocycles. The van der Waals surface area contributed by atoms with Crippen molar-refractivity contribution in [2.24, 2.45) is 0 Å². The number of rotatable bonds is 3. The zero-order valence-electron chi connectivity index (χ0n) is 14.4. The Morgan fingerprint density at radius 2 is 1.76 bits per heavy atom. The van der Waals surface area contributed by atoms with Crippen molar-refractivity contribution in [2.75, 3.05) is 6.54 Å². The predicted molar refractivity (Wildman–Crippen MR) is 93.2 cm³/mol. The van der Waals surface area contributed by atoms with Gasteiger partial charge in [-0.3, -0.25) is 9.69 Å². The minimum Gasteiger partial charge on any atom is -0.410 e. The van der Waals surface area contributed by atoms with E-state index >= 15 is 0 Å². The fraction of sp³-hybridized carbons (Fsp3) is 0.579. The number of benzene rings is 1. The minimum absolute atomic E-state index is 0.119. The van der Waals surface area contributed by atoms with Crippen LogP contribution in [0.15, 0.2) is 30.3 Å². The number of likely N-dealkylation sites (tertiary alicyclic amines) is 1. The first kappa shape index (κ1) is 17.7. The third kappa shape index (κ3) is 4.72. The van der Waals surface area contributed by atoms with E-state index in [1.165, 1.54) is 17.7 Å². The lowest BCUT2D eigenvalue weighted by molar-refractivity contribution is -0.125. The van der Waals surface area contributed by atoms with Gasteiger partial charge in [0.15, 0.2) is 0 Å². The lowest BCUT2D eigenvalue weighted by Crippen LogP contribution is -2.49. The molecule has 6 nitrogen and oxygen atoms in total. The van der Waals surface area contributed by atoms with Crippen molar-refractivity contribution in [1.82, 2.24) is 10.2 Å². The maximum absolute atomic E-state index is 12.7. The number of aliphatic hydroxyl groups excluding tert-OH is 1. The molecule has 1 aromatic rings. The molecule has 1 aliphatic heterocycles. The molecule has 0 bridgehead atoms. The zero-order chi connectivity index (χ0) is 17.6. The first-order valence-corrected chi connectivity index (χ1v) is 9.15. The van der Waals surface area contributed by atoms with Gasteiger partial charge < -0.3 is 15.2 Å². The van der Waals surface area contributed by atoms with Gasteiger partial charge in [0, 0.05) is 12.5 Å². The van der Waals surface area contributed by atoms with Crippen LogP contribution in [0.3, 0.4) is 0 Å².